The van der Waals surface area contributed by atoms with Crippen LogP contribution in [0.3, 0.4) is 0 Å². The van der Waals surface area contributed by atoms with E-state index in [1.807, 2.05) is 24.7 Å². The fourth-order valence-corrected chi connectivity index (χ4v) is 5.63. The number of nitrogens with zero attached hydrogens (tertiary/aromatic N) is 4. The number of rotatable bonds is 4. The van der Waals surface area contributed by atoms with Gasteiger partial charge in [0.2, 0.25) is 0 Å². The number of imidazole rings is 1. The van der Waals surface area contributed by atoms with Crippen LogP contribution in [-0.2, 0) is 10.0 Å². The highest BCUT2D eigenvalue weighted by atomic mass is 35.5. The van der Waals surface area contributed by atoms with Gasteiger partial charge in [-0.2, -0.15) is 12.8 Å². The van der Waals surface area contributed by atoms with Crippen molar-refractivity contribution < 1.29 is 8.42 Å². The van der Waals surface area contributed by atoms with Crippen LogP contribution >= 0.6 is 11.6 Å². The second kappa shape index (κ2) is 7.21. The van der Waals surface area contributed by atoms with Gasteiger partial charge in [-0.1, -0.05) is 24.6 Å². The first-order valence-electron chi connectivity index (χ1n) is 9.78. The van der Waals surface area contributed by atoms with Crippen molar-refractivity contribution in [2.45, 2.75) is 30.6 Å². The molecule has 1 unspecified atom stereocenters. The number of fused-ring (bicyclic) bond motifs is 3. The highest BCUT2D eigenvalue weighted by Gasteiger charge is 2.34. The second-order valence-corrected chi connectivity index (χ2v) is 9.92. The molecule has 0 aliphatic heterocycles. The summed E-state index contributed by atoms with van der Waals surface area (Å²) in [5, 5.41) is 0.373. The lowest BCUT2D eigenvalue weighted by Gasteiger charge is -2.14. The molecule has 30 heavy (non-hydrogen) atoms. The summed E-state index contributed by atoms with van der Waals surface area (Å²) >= 11 is 5.92. The molecule has 1 N–H and O–H groups in total. The number of H-pyrrole nitrogens is 1. The molecule has 3 heterocycles. The van der Waals surface area contributed by atoms with Gasteiger partial charge in [0.05, 0.1) is 28.3 Å². The smallest absolute Gasteiger partial charge is 0.282 e. The monoisotopic (exact) mass is 441 g/mol. The molecule has 154 valence electrons. The zero-order chi connectivity index (χ0) is 20.9. The van der Waals surface area contributed by atoms with Crippen LogP contribution in [0.15, 0.2) is 58.2 Å². The molecule has 7 nitrogen and oxygen atoms in total. The van der Waals surface area contributed by atoms with Gasteiger partial charge in [-0.25, -0.2) is 9.97 Å². The summed E-state index contributed by atoms with van der Waals surface area (Å²) < 4.78 is 31.2. The summed E-state index contributed by atoms with van der Waals surface area (Å²) in [6.45, 7) is 2.18. The minimum atomic E-state index is -3.76. The Balaban J connectivity index is 1.43. The van der Waals surface area contributed by atoms with Crippen LogP contribution in [0.4, 0.5) is 0 Å². The van der Waals surface area contributed by atoms with Crippen molar-refractivity contribution in [2.24, 2.45) is 16.2 Å². The number of hydrogen-bond acceptors (Lipinski definition) is 4. The lowest BCUT2D eigenvalue weighted by atomic mass is 9.97. The van der Waals surface area contributed by atoms with Crippen LogP contribution < -0.4 is 0 Å². The zero-order valence-electron chi connectivity index (χ0n) is 16.2. The number of nitrogens with one attached hydrogen (secondary N) is 1. The van der Waals surface area contributed by atoms with Crippen LogP contribution in [0.25, 0.3) is 16.7 Å². The molecule has 1 fully saturated rings. The molecular weight excluding hydrogens is 422 g/mol. The van der Waals surface area contributed by atoms with Crippen molar-refractivity contribution >= 4 is 44.5 Å². The maximum atomic E-state index is 12.5. The van der Waals surface area contributed by atoms with Crippen LogP contribution in [-0.4, -0.2) is 34.0 Å². The van der Waals surface area contributed by atoms with Crippen molar-refractivity contribution in [3.05, 3.63) is 59.8 Å². The molecule has 3 aromatic heterocycles. The van der Waals surface area contributed by atoms with E-state index >= 15 is 0 Å². The van der Waals surface area contributed by atoms with E-state index in [0.29, 0.717) is 10.9 Å². The molecule has 4 aromatic rings. The number of aromatic amines is 1. The number of halogens is 1. The van der Waals surface area contributed by atoms with E-state index < -0.39 is 10.0 Å². The van der Waals surface area contributed by atoms with E-state index in [9.17, 15) is 8.42 Å². The van der Waals surface area contributed by atoms with Crippen LogP contribution in [0.2, 0.25) is 5.02 Å². The molecule has 9 heteroatoms. The van der Waals surface area contributed by atoms with E-state index in [4.69, 9.17) is 11.6 Å². The predicted octanol–water partition coefficient (Wildman–Crippen LogP) is 4.45. The molecule has 1 saturated carbocycles. The lowest BCUT2D eigenvalue weighted by Crippen LogP contribution is -2.07. The topological polar surface area (TPSA) is 92.5 Å². The zero-order valence-corrected chi connectivity index (χ0v) is 17.8. The predicted molar refractivity (Wildman–Crippen MR) is 117 cm³/mol. The van der Waals surface area contributed by atoms with Gasteiger partial charge in [-0.3, -0.25) is 4.40 Å². The van der Waals surface area contributed by atoms with Crippen LogP contribution in [0.1, 0.15) is 31.5 Å². The molecule has 5 rings (SSSR count). The third kappa shape index (κ3) is 3.30. The van der Waals surface area contributed by atoms with E-state index in [2.05, 4.69) is 30.7 Å². The molecule has 0 bridgehead atoms. The van der Waals surface area contributed by atoms with Gasteiger partial charge in [-0.05, 0) is 48.9 Å². The molecule has 3 atom stereocenters. The van der Waals surface area contributed by atoms with Crippen LogP contribution in [0.5, 0.6) is 0 Å². The Hall–Kier alpha value is -2.71. The SMILES string of the molecule is C[C@@H]1CC(/C=N/S(=O)(=O)c2cccc(Cl)c2)C[C@@H]1c1ncc2cnc3[nH]ccc3n12. The summed E-state index contributed by atoms with van der Waals surface area (Å²) in [7, 11) is -3.76. The summed E-state index contributed by atoms with van der Waals surface area (Å²) in [4.78, 5) is 12.4. The number of benzene rings is 1. The Labute approximate surface area is 178 Å². The van der Waals surface area contributed by atoms with Crippen molar-refractivity contribution in [2.75, 3.05) is 0 Å². The summed E-state index contributed by atoms with van der Waals surface area (Å²) in [5.74, 6) is 1.61. The standard InChI is InChI=1S/C21H20ClN5O2S/c1-13-7-14(10-26-30(28,29)17-4-2-3-15(22)9-17)8-18(13)21-25-12-16-11-24-20-19(27(16)21)5-6-23-20/h2-6,9-14,18,23H,7-8H2,1H3/b26-10+/t13-,14?,18+/m1/s1. The minimum absolute atomic E-state index is 0.0647. The van der Waals surface area contributed by atoms with Gasteiger partial charge in [0.25, 0.3) is 10.0 Å². The fraction of sp³-hybridized carbons (Fsp3) is 0.286. The summed E-state index contributed by atoms with van der Waals surface area (Å²) in [6.07, 6.45) is 8.75. The van der Waals surface area contributed by atoms with E-state index in [1.54, 1.807) is 18.3 Å². The number of aromatic nitrogens is 4. The highest BCUT2D eigenvalue weighted by Crippen LogP contribution is 2.42. The van der Waals surface area contributed by atoms with Gasteiger partial charge < -0.3 is 4.98 Å². The second-order valence-electron chi connectivity index (χ2n) is 7.85. The maximum absolute atomic E-state index is 12.5. The average Bonchev–Trinajstić information content (AvgIpc) is 3.43. The Morgan fingerprint density at radius 2 is 2.07 bits per heavy atom. The summed E-state index contributed by atoms with van der Waals surface area (Å²) in [6, 6.07) is 8.17. The third-order valence-electron chi connectivity index (χ3n) is 5.84. The van der Waals surface area contributed by atoms with E-state index in [1.165, 1.54) is 12.1 Å². The number of sulfonamides is 1. The molecular formula is C21H20ClN5O2S. The molecule has 0 radical (unpaired) electrons. The minimum Gasteiger partial charge on any atom is -0.345 e. The Morgan fingerprint density at radius 3 is 2.90 bits per heavy atom. The summed E-state index contributed by atoms with van der Waals surface area (Å²) in [5.41, 5.74) is 2.76. The van der Waals surface area contributed by atoms with Gasteiger partial charge >= 0.3 is 0 Å². The van der Waals surface area contributed by atoms with Crippen molar-refractivity contribution in [1.29, 1.82) is 0 Å². The Morgan fingerprint density at radius 1 is 1.23 bits per heavy atom. The molecule has 0 spiro atoms. The normalized spacial score (nSPS) is 22.5. The van der Waals surface area contributed by atoms with E-state index in [0.717, 1.165) is 35.3 Å². The quantitative estimate of drug-likeness (QED) is 0.473. The average molecular weight is 442 g/mol. The highest BCUT2D eigenvalue weighted by molar-refractivity contribution is 7.90. The van der Waals surface area contributed by atoms with E-state index in [-0.39, 0.29) is 16.7 Å². The van der Waals surface area contributed by atoms with Crippen molar-refractivity contribution in [3.63, 3.8) is 0 Å². The number of hydrogen-bond donors (Lipinski definition) is 1. The Kier molecular flexibility index (Phi) is 4.63. The molecule has 0 amide bonds. The van der Waals surface area contributed by atoms with Crippen molar-refractivity contribution in [3.8, 4) is 0 Å². The third-order valence-corrected chi connectivity index (χ3v) is 7.33. The van der Waals surface area contributed by atoms with Gasteiger partial charge in [-0.15, -0.1) is 0 Å². The van der Waals surface area contributed by atoms with Gasteiger partial charge in [0, 0.05) is 23.4 Å². The largest absolute Gasteiger partial charge is 0.345 e. The fourth-order valence-electron chi connectivity index (χ4n) is 4.39. The first kappa shape index (κ1) is 19.3. The maximum Gasteiger partial charge on any atom is 0.282 e. The lowest BCUT2D eigenvalue weighted by molar-refractivity contribution is 0.509. The molecule has 1 aliphatic carbocycles. The first-order valence-corrected chi connectivity index (χ1v) is 11.6. The Bertz CT molecular complexity index is 1370. The van der Waals surface area contributed by atoms with Gasteiger partial charge in [0.1, 0.15) is 5.82 Å². The van der Waals surface area contributed by atoms with Crippen LogP contribution in [0, 0.1) is 11.8 Å². The first-order chi connectivity index (χ1) is 14.4. The molecule has 1 aliphatic rings. The molecule has 0 saturated heterocycles. The molecule has 1 aromatic carbocycles. The van der Waals surface area contributed by atoms with Crippen molar-refractivity contribution in [1.82, 2.24) is 19.4 Å². The van der Waals surface area contributed by atoms with Gasteiger partial charge in [0.15, 0.2) is 5.65 Å².